The second-order valence-corrected chi connectivity index (χ2v) is 6.53. The van der Waals surface area contributed by atoms with Gasteiger partial charge in [-0.15, -0.1) is 0 Å². The molecular weight excluding hydrogens is 332 g/mol. The van der Waals surface area contributed by atoms with Crippen LogP contribution < -0.4 is 15.0 Å². The average molecular weight is 352 g/mol. The van der Waals surface area contributed by atoms with Gasteiger partial charge in [-0.1, -0.05) is 38.1 Å². The highest BCUT2D eigenvalue weighted by atomic mass is 32.1. The Kier molecular flexibility index (Phi) is 4.86. The van der Waals surface area contributed by atoms with E-state index in [1.807, 2.05) is 48.5 Å². The molecule has 2 aromatic rings. The fourth-order valence-corrected chi connectivity index (χ4v) is 2.94. The van der Waals surface area contributed by atoms with Crippen LogP contribution in [0.1, 0.15) is 30.9 Å². The number of benzene rings is 2. The fraction of sp³-hybridized carbons (Fsp3) is 0.200. The number of hydrogen-bond acceptors (Lipinski definition) is 3. The minimum Gasteiger partial charge on any atom is -0.497 e. The quantitative estimate of drug-likeness (QED) is 0.665. The van der Waals surface area contributed by atoms with Crippen LogP contribution in [0.5, 0.6) is 5.75 Å². The van der Waals surface area contributed by atoms with Crippen molar-refractivity contribution >= 4 is 35.0 Å². The lowest BCUT2D eigenvalue weighted by Gasteiger charge is -2.15. The number of methoxy groups -OCH3 is 1. The number of anilines is 1. The molecule has 1 heterocycles. The zero-order valence-electron chi connectivity index (χ0n) is 14.4. The Morgan fingerprint density at radius 3 is 2.28 bits per heavy atom. The first-order valence-corrected chi connectivity index (χ1v) is 8.51. The molecule has 0 unspecified atom stereocenters. The molecule has 128 valence electrons. The predicted octanol–water partition coefficient (Wildman–Crippen LogP) is 4.08. The molecule has 1 saturated heterocycles. The summed E-state index contributed by atoms with van der Waals surface area (Å²) in [7, 11) is 1.62. The van der Waals surface area contributed by atoms with Crippen LogP contribution in [0, 0.1) is 0 Å². The number of rotatable bonds is 4. The predicted molar refractivity (Wildman–Crippen MR) is 105 cm³/mol. The van der Waals surface area contributed by atoms with E-state index in [0.29, 0.717) is 16.7 Å². The van der Waals surface area contributed by atoms with Crippen LogP contribution in [-0.2, 0) is 4.79 Å². The lowest BCUT2D eigenvalue weighted by atomic mass is 10.0. The molecule has 0 aliphatic carbocycles. The summed E-state index contributed by atoms with van der Waals surface area (Å²) in [6, 6.07) is 15.4. The first kappa shape index (κ1) is 17.2. The zero-order chi connectivity index (χ0) is 18.0. The third-order valence-electron chi connectivity index (χ3n) is 4.12. The van der Waals surface area contributed by atoms with Crippen LogP contribution in [0.2, 0.25) is 0 Å². The molecule has 1 aliphatic heterocycles. The van der Waals surface area contributed by atoms with Gasteiger partial charge in [0.15, 0.2) is 5.11 Å². The first-order valence-electron chi connectivity index (χ1n) is 8.10. The first-order chi connectivity index (χ1) is 12.0. The summed E-state index contributed by atoms with van der Waals surface area (Å²) in [5.41, 5.74) is 3.35. The van der Waals surface area contributed by atoms with Crippen molar-refractivity contribution in [1.29, 1.82) is 0 Å². The molecule has 1 N–H and O–H groups in total. The Balaban J connectivity index is 1.85. The third-order valence-corrected chi connectivity index (χ3v) is 4.41. The van der Waals surface area contributed by atoms with E-state index < -0.39 is 0 Å². The van der Waals surface area contributed by atoms with Gasteiger partial charge >= 0.3 is 0 Å². The van der Waals surface area contributed by atoms with Crippen molar-refractivity contribution in [3.63, 3.8) is 0 Å². The second kappa shape index (κ2) is 7.07. The summed E-state index contributed by atoms with van der Waals surface area (Å²) >= 11 is 5.35. The van der Waals surface area contributed by atoms with E-state index in [9.17, 15) is 4.79 Å². The lowest BCUT2D eigenvalue weighted by Crippen LogP contribution is -2.30. The van der Waals surface area contributed by atoms with Gasteiger partial charge in [0.25, 0.3) is 5.91 Å². The number of nitrogens with zero attached hydrogens (tertiary/aromatic N) is 1. The van der Waals surface area contributed by atoms with Gasteiger partial charge in [-0.05, 0) is 59.6 Å². The largest absolute Gasteiger partial charge is 0.497 e. The summed E-state index contributed by atoms with van der Waals surface area (Å²) in [5.74, 6) is 1.06. The molecule has 1 fully saturated rings. The Hall–Kier alpha value is -2.66. The standard InChI is InChI=1S/C20H20N2O2S/c1-13(2)15-6-8-16(9-7-15)22-19(23)18(21-20(22)25)12-14-4-10-17(24-3)11-5-14/h4-13H,1-3H3,(H,21,25)/b18-12-. The maximum atomic E-state index is 12.7. The van der Waals surface area contributed by atoms with E-state index in [4.69, 9.17) is 17.0 Å². The van der Waals surface area contributed by atoms with E-state index in [0.717, 1.165) is 17.0 Å². The Bertz CT molecular complexity index is 824. The van der Waals surface area contributed by atoms with Gasteiger partial charge in [0.05, 0.1) is 12.8 Å². The molecule has 1 amide bonds. The maximum absolute atomic E-state index is 12.7. The Morgan fingerprint density at radius 1 is 1.08 bits per heavy atom. The van der Waals surface area contributed by atoms with Crippen LogP contribution in [0.15, 0.2) is 54.2 Å². The smallest absolute Gasteiger partial charge is 0.281 e. The zero-order valence-corrected chi connectivity index (χ0v) is 15.3. The van der Waals surface area contributed by atoms with E-state index in [2.05, 4.69) is 19.2 Å². The van der Waals surface area contributed by atoms with Crippen LogP contribution in [-0.4, -0.2) is 18.1 Å². The molecule has 2 aromatic carbocycles. The van der Waals surface area contributed by atoms with E-state index in [1.165, 1.54) is 10.5 Å². The lowest BCUT2D eigenvalue weighted by molar-refractivity contribution is -0.113. The van der Waals surface area contributed by atoms with E-state index >= 15 is 0 Å². The van der Waals surface area contributed by atoms with Gasteiger partial charge in [-0.3, -0.25) is 9.69 Å². The molecule has 0 bridgehead atoms. The minimum absolute atomic E-state index is 0.155. The van der Waals surface area contributed by atoms with Gasteiger partial charge in [-0.25, -0.2) is 0 Å². The van der Waals surface area contributed by atoms with Crippen molar-refractivity contribution < 1.29 is 9.53 Å². The highest BCUT2D eigenvalue weighted by Crippen LogP contribution is 2.25. The number of amides is 1. The normalized spacial score (nSPS) is 15.8. The third kappa shape index (κ3) is 3.56. The second-order valence-electron chi connectivity index (χ2n) is 6.15. The summed E-state index contributed by atoms with van der Waals surface area (Å²) < 4.78 is 5.15. The summed E-state index contributed by atoms with van der Waals surface area (Å²) in [6.07, 6.45) is 1.79. The Morgan fingerprint density at radius 2 is 1.72 bits per heavy atom. The van der Waals surface area contributed by atoms with Crippen LogP contribution in [0.25, 0.3) is 6.08 Å². The molecule has 0 saturated carbocycles. The van der Waals surface area contributed by atoms with Gasteiger partial charge in [0.2, 0.25) is 0 Å². The van der Waals surface area contributed by atoms with Crippen LogP contribution >= 0.6 is 12.2 Å². The maximum Gasteiger partial charge on any atom is 0.281 e. The van der Waals surface area contributed by atoms with Crippen molar-refractivity contribution in [2.45, 2.75) is 19.8 Å². The van der Waals surface area contributed by atoms with Gasteiger partial charge in [-0.2, -0.15) is 0 Å². The molecule has 4 nitrogen and oxygen atoms in total. The number of thiocarbonyl (C=S) groups is 1. The van der Waals surface area contributed by atoms with Crippen molar-refractivity contribution in [3.05, 3.63) is 65.4 Å². The fourth-order valence-electron chi connectivity index (χ4n) is 2.64. The van der Waals surface area contributed by atoms with Crippen molar-refractivity contribution in [2.24, 2.45) is 0 Å². The number of hydrogen-bond donors (Lipinski definition) is 1. The van der Waals surface area contributed by atoms with Gasteiger partial charge in [0, 0.05) is 0 Å². The monoisotopic (exact) mass is 352 g/mol. The highest BCUT2D eigenvalue weighted by Gasteiger charge is 2.31. The van der Waals surface area contributed by atoms with Gasteiger partial charge < -0.3 is 10.1 Å². The summed E-state index contributed by atoms with van der Waals surface area (Å²) in [5, 5.41) is 3.40. The minimum atomic E-state index is -0.155. The molecule has 3 rings (SSSR count). The van der Waals surface area contributed by atoms with Crippen LogP contribution in [0.3, 0.4) is 0 Å². The van der Waals surface area contributed by atoms with Crippen molar-refractivity contribution in [1.82, 2.24) is 5.32 Å². The molecular formula is C20H20N2O2S. The summed E-state index contributed by atoms with van der Waals surface area (Å²) in [6.45, 7) is 4.27. The van der Waals surface area contributed by atoms with E-state index in [1.54, 1.807) is 13.2 Å². The topological polar surface area (TPSA) is 41.6 Å². The Labute approximate surface area is 153 Å². The van der Waals surface area contributed by atoms with Crippen molar-refractivity contribution in [2.75, 3.05) is 12.0 Å². The number of carbonyl (C=O) groups is 1. The van der Waals surface area contributed by atoms with E-state index in [-0.39, 0.29) is 5.91 Å². The highest BCUT2D eigenvalue weighted by molar-refractivity contribution is 7.80. The molecule has 0 atom stereocenters. The number of nitrogens with one attached hydrogen (secondary N) is 1. The number of ether oxygens (including phenoxy) is 1. The molecule has 0 spiro atoms. The van der Waals surface area contributed by atoms with Gasteiger partial charge in [0.1, 0.15) is 11.4 Å². The molecule has 5 heteroatoms. The van der Waals surface area contributed by atoms with Crippen LogP contribution in [0.4, 0.5) is 5.69 Å². The molecule has 0 aromatic heterocycles. The molecule has 1 aliphatic rings. The average Bonchev–Trinajstić information content (AvgIpc) is 2.89. The summed E-state index contributed by atoms with van der Waals surface area (Å²) in [4.78, 5) is 14.3. The number of carbonyl (C=O) groups excluding carboxylic acids is 1. The molecule has 0 radical (unpaired) electrons. The van der Waals surface area contributed by atoms with Crippen molar-refractivity contribution in [3.8, 4) is 5.75 Å². The molecule has 25 heavy (non-hydrogen) atoms. The SMILES string of the molecule is COc1ccc(/C=C2\NC(=S)N(c3ccc(C(C)C)cc3)C2=O)cc1.